The second-order valence-corrected chi connectivity index (χ2v) is 5.79. The lowest BCUT2D eigenvalue weighted by molar-refractivity contribution is 0.592. The molecule has 20 heavy (non-hydrogen) atoms. The van der Waals surface area contributed by atoms with Gasteiger partial charge in [-0.2, -0.15) is 0 Å². The maximum Gasteiger partial charge on any atom is 0.129 e. The van der Waals surface area contributed by atoms with Crippen LogP contribution in [0.5, 0.6) is 0 Å². The van der Waals surface area contributed by atoms with Crippen molar-refractivity contribution in [2.75, 3.05) is 18.5 Å². The van der Waals surface area contributed by atoms with E-state index in [-0.39, 0.29) is 5.82 Å². The molecular weight excluding hydrogens is 273 g/mol. The molecule has 2 aromatic rings. The zero-order chi connectivity index (χ0) is 14.5. The first-order chi connectivity index (χ1) is 9.61. The molecular formula is C15H20FN3S. The third kappa shape index (κ3) is 3.55. The quantitative estimate of drug-likeness (QED) is 0.885. The number of benzene rings is 1. The summed E-state index contributed by atoms with van der Waals surface area (Å²) in [6.45, 7) is 6.06. The Morgan fingerprint density at radius 3 is 2.85 bits per heavy atom. The average Bonchev–Trinajstić information content (AvgIpc) is 2.82. The van der Waals surface area contributed by atoms with Gasteiger partial charge in [-0.25, -0.2) is 9.37 Å². The first-order valence-corrected chi connectivity index (χ1v) is 7.60. The number of anilines is 1. The van der Waals surface area contributed by atoms with Crippen molar-refractivity contribution < 1.29 is 4.39 Å². The van der Waals surface area contributed by atoms with Crippen LogP contribution in [0.2, 0.25) is 0 Å². The van der Waals surface area contributed by atoms with Crippen LogP contribution in [-0.2, 0) is 13.1 Å². The second-order valence-electron chi connectivity index (χ2n) is 4.73. The van der Waals surface area contributed by atoms with Gasteiger partial charge in [0.2, 0.25) is 0 Å². The summed E-state index contributed by atoms with van der Waals surface area (Å²) in [5.74, 6) is -0.162. The molecule has 0 fully saturated rings. The average molecular weight is 293 g/mol. The van der Waals surface area contributed by atoms with Crippen molar-refractivity contribution >= 4 is 17.0 Å². The lowest BCUT2D eigenvalue weighted by Gasteiger charge is -2.22. The van der Waals surface area contributed by atoms with Gasteiger partial charge in [-0.1, -0.05) is 13.0 Å². The van der Waals surface area contributed by atoms with Crippen LogP contribution in [0.1, 0.15) is 23.2 Å². The smallest absolute Gasteiger partial charge is 0.129 e. The van der Waals surface area contributed by atoms with Gasteiger partial charge in [0.15, 0.2) is 0 Å². The SMILES string of the molecule is CCNCc1c(F)cccc1N(C)Cc1csc(C)n1. The summed E-state index contributed by atoms with van der Waals surface area (Å²) in [7, 11) is 1.97. The first kappa shape index (κ1) is 14.9. The van der Waals surface area contributed by atoms with Crippen molar-refractivity contribution in [3.05, 3.63) is 45.7 Å². The molecule has 0 spiro atoms. The fourth-order valence-corrected chi connectivity index (χ4v) is 2.74. The molecule has 1 heterocycles. The molecule has 5 heteroatoms. The highest BCUT2D eigenvalue weighted by Crippen LogP contribution is 2.24. The van der Waals surface area contributed by atoms with E-state index in [4.69, 9.17) is 0 Å². The van der Waals surface area contributed by atoms with E-state index in [0.29, 0.717) is 18.7 Å². The fraction of sp³-hybridized carbons (Fsp3) is 0.400. The number of thiazole rings is 1. The Bertz CT molecular complexity index is 568. The summed E-state index contributed by atoms with van der Waals surface area (Å²) in [5, 5.41) is 6.30. The molecule has 108 valence electrons. The van der Waals surface area contributed by atoms with E-state index in [1.807, 2.05) is 31.9 Å². The van der Waals surface area contributed by atoms with Crippen LogP contribution in [0.4, 0.5) is 10.1 Å². The summed E-state index contributed by atoms with van der Waals surface area (Å²) in [4.78, 5) is 6.50. The number of halogens is 1. The highest BCUT2D eigenvalue weighted by molar-refractivity contribution is 7.09. The van der Waals surface area contributed by atoms with Gasteiger partial charge in [-0.15, -0.1) is 11.3 Å². The minimum atomic E-state index is -0.162. The molecule has 0 unspecified atom stereocenters. The van der Waals surface area contributed by atoms with Gasteiger partial charge >= 0.3 is 0 Å². The van der Waals surface area contributed by atoms with Gasteiger partial charge in [0.25, 0.3) is 0 Å². The van der Waals surface area contributed by atoms with E-state index in [1.54, 1.807) is 17.4 Å². The summed E-state index contributed by atoms with van der Waals surface area (Å²) < 4.78 is 14.0. The fourth-order valence-electron chi connectivity index (χ4n) is 2.14. The standard InChI is InChI=1S/C15H20FN3S/c1-4-17-8-13-14(16)6-5-7-15(13)19(3)9-12-10-20-11(2)18-12/h5-7,10,17H,4,8-9H2,1-3H3. The highest BCUT2D eigenvalue weighted by Gasteiger charge is 2.12. The van der Waals surface area contributed by atoms with Crippen molar-refractivity contribution in [2.45, 2.75) is 26.9 Å². The first-order valence-electron chi connectivity index (χ1n) is 6.72. The van der Waals surface area contributed by atoms with Crippen LogP contribution in [0.15, 0.2) is 23.6 Å². The van der Waals surface area contributed by atoms with Crippen LogP contribution in [0.3, 0.4) is 0 Å². The minimum absolute atomic E-state index is 0.162. The van der Waals surface area contributed by atoms with E-state index >= 15 is 0 Å². The Hall–Kier alpha value is -1.46. The molecule has 0 atom stereocenters. The number of hydrogen-bond acceptors (Lipinski definition) is 4. The zero-order valence-corrected chi connectivity index (χ0v) is 12.9. The molecule has 2 rings (SSSR count). The van der Waals surface area contributed by atoms with E-state index in [1.165, 1.54) is 6.07 Å². The molecule has 0 aliphatic rings. The van der Waals surface area contributed by atoms with Crippen molar-refractivity contribution in [3.8, 4) is 0 Å². The van der Waals surface area contributed by atoms with Crippen molar-refractivity contribution in [2.24, 2.45) is 0 Å². The maximum absolute atomic E-state index is 14.0. The van der Waals surface area contributed by atoms with Gasteiger partial charge in [0, 0.05) is 30.2 Å². The van der Waals surface area contributed by atoms with Crippen LogP contribution in [0, 0.1) is 12.7 Å². The third-order valence-electron chi connectivity index (χ3n) is 3.12. The molecule has 1 aromatic heterocycles. The number of rotatable bonds is 6. The van der Waals surface area contributed by atoms with Crippen molar-refractivity contribution in [1.29, 1.82) is 0 Å². The Morgan fingerprint density at radius 2 is 2.20 bits per heavy atom. The van der Waals surface area contributed by atoms with Gasteiger partial charge in [0.05, 0.1) is 17.2 Å². The van der Waals surface area contributed by atoms with Gasteiger partial charge in [-0.05, 0) is 25.6 Å². The molecule has 0 amide bonds. The summed E-state index contributed by atoms with van der Waals surface area (Å²) >= 11 is 1.64. The number of aryl methyl sites for hydroxylation is 1. The van der Waals surface area contributed by atoms with Crippen LogP contribution >= 0.6 is 11.3 Å². The van der Waals surface area contributed by atoms with Crippen molar-refractivity contribution in [1.82, 2.24) is 10.3 Å². The summed E-state index contributed by atoms with van der Waals surface area (Å²) in [6, 6.07) is 5.22. The minimum Gasteiger partial charge on any atom is -0.368 e. The number of nitrogens with one attached hydrogen (secondary N) is 1. The topological polar surface area (TPSA) is 28.2 Å². The largest absolute Gasteiger partial charge is 0.368 e. The van der Waals surface area contributed by atoms with Crippen LogP contribution in [0.25, 0.3) is 0 Å². The Balaban J connectivity index is 2.20. The van der Waals surface area contributed by atoms with E-state index in [0.717, 1.165) is 22.9 Å². The zero-order valence-electron chi connectivity index (χ0n) is 12.1. The van der Waals surface area contributed by atoms with E-state index < -0.39 is 0 Å². The van der Waals surface area contributed by atoms with E-state index in [9.17, 15) is 4.39 Å². The molecule has 1 N–H and O–H groups in total. The normalized spacial score (nSPS) is 10.8. The lowest BCUT2D eigenvalue weighted by atomic mass is 10.1. The number of nitrogens with zero attached hydrogens (tertiary/aromatic N) is 2. The summed E-state index contributed by atoms with van der Waals surface area (Å²) in [5.41, 5.74) is 2.65. The van der Waals surface area contributed by atoms with Crippen molar-refractivity contribution in [3.63, 3.8) is 0 Å². The van der Waals surface area contributed by atoms with Gasteiger partial charge < -0.3 is 10.2 Å². The summed E-state index contributed by atoms with van der Waals surface area (Å²) in [6.07, 6.45) is 0. The van der Waals surface area contributed by atoms with Crippen LogP contribution in [-0.4, -0.2) is 18.6 Å². The monoisotopic (exact) mass is 293 g/mol. The van der Waals surface area contributed by atoms with Gasteiger partial charge in [0.1, 0.15) is 5.82 Å². The van der Waals surface area contributed by atoms with Gasteiger partial charge in [-0.3, -0.25) is 0 Å². The Kier molecular flexibility index (Phi) is 5.09. The molecule has 0 aliphatic carbocycles. The highest BCUT2D eigenvalue weighted by atomic mass is 32.1. The third-order valence-corrected chi connectivity index (χ3v) is 3.95. The molecule has 0 saturated carbocycles. The van der Waals surface area contributed by atoms with Crippen LogP contribution < -0.4 is 10.2 Å². The second kappa shape index (κ2) is 6.81. The predicted octanol–water partition coefficient (Wildman–Crippen LogP) is 3.34. The maximum atomic E-state index is 14.0. The Labute approximate surface area is 123 Å². The van der Waals surface area contributed by atoms with E-state index in [2.05, 4.69) is 15.7 Å². The molecule has 1 aromatic carbocycles. The molecule has 3 nitrogen and oxygen atoms in total. The number of hydrogen-bond donors (Lipinski definition) is 1. The number of aromatic nitrogens is 1. The lowest BCUT2D eigenvalue weighted by Crippen LogP contribution is -2.21. The molecule has 0 saturated heterocycles. The Morgan fingerprint density at radius 1 is 1.40 bits per heavy atom. The molecule has 0 bridgehead atoms. The molecule has 0 aliphatic heterocycles. The molecule has 0 radical (unpaired) electrons. The predicted molar refractivity (Wildman–Crippen MR) is 82.7 cm³/mol.